The second-order valence-corrected chi connectivity index (χ2v) is 9.50. The Kier molecular flexibility index (Phi) is 3.42. The molecule has 5 aliphatic carbocycles. The first-order chi connectivity index (χ1) is 10.8. The summed E-state index contributed by atoms with van der Waals surface area (Å²) in [6.45, 7) is 0. The highest BCUT2D eigenvalue weighted by atomic mass is 16.1. The van der Waals surface area contributed by atoms with E-state index >= 15 is 0 Å². The molecule has 8 atom stereocenters. The maximum Gasteiger partial charge on any atom is 0.139 e. The minimum absolute atomic E-state index is 0.492. The Balaban J connectivity index is 1.37. The summed E-state index contributed by atoms with van der Waals surface area (Å²) in [5, 5.41) is 0. The van der Waals surface area contributed by atoms with Gasteiger partial charge in [-0.25, -0.2) is 0 Å². The lowest BCUT2D eigenvalue weighted by molar-refractivity contribution is -0.126. The van der Waals surface area contributed by atoms with E-state index in [0.29, 0.717) is 11.8 Å². The monoisotopic (exact) mass is 300 g/mol. The molecular formula is C21H32O. The fourth-order valence-electron chi connectivity index (χ4n) is 7.76. The van der Waals surface area contributed by atoms with Crippen molar-refractivity contribution in [2.24, 2.45) is 47.3 Å². The van der Waals surface area contributed by atoms with Gasteiger partial charge < -0.3 is 0 Å². The summed E-state index contributed by atoms with van der Waals surface area (Å²) < 4.78 is 0. The molecule has 0 aromatic rings. The predicted octanol–water partition coefficient (Wildman–Crippen LogP) is 5.23. The van der Waals surface area contributed by atoms with E-state index in [2.05, 4.69) is 0 Å². The molecule has 0 spiro atoms. The number of hydrogen-bond donors (Lipinski definition) is 0. The molecule has 122 valence electrons. The van der Waals surface area contributed by atoms with Crippen LogP contribution in [0.1, 0.15) is 77.0 Å². The van der Waals surface area contributed by atoms with Gasteiger partial charge in [-0.05, 0) is 74.0 Å². The number of hydrogen-bond acceptors (Lipinski definition) is 1. The van der Waals surface area contributed by atoms with Crippen molar-refractivity contribution in [2.75, 3.05) is 0 Å². The van der Waals surface area contributed by atoms with Gasteiger partial charge in [-0.3, -0.25) is 4.79 Å². The van der Waals surface area contributed by atoms with Crippen LogP contribution in [0.15, 0.2) is 0 Å². The summed E-state index contributed by atoms with van der Waals surface area (Å²) in [6.07, 6.45) is 17.1. The van der Waals surface area contributed by atoms with Crippen molar-refractivity contribution < 1.29 is 4.79 Å². The second kappa shape index (κ2) is 5.35. The highest BCUT2D eigenvalue weighted by Crippen LogP contribution is 2.59. The van der Waals surface area contributed by atoms with Crippen LogP contribution in [0.3, 0.4) is 0 Å². The van der Waals surface area contributed by atoms with E-state index in [4.69, 9.17) is 0 Å². The number of fused-ring (bicyclic) bond motifs is 5. The van der Waals surface area contributed by atoms with Crippen LogP contribution in [0.2, 0.25) is 0 Å². The highest BCUT2D eigenvalue weighted by molar-refractivity contribution is 5.86. The number of ketones is 1. The molecule has 0 N–H and O–H groups in total. The first kappa shape index (κ1) is 14.1. The van der Waals surface area contributed by atoms with Crippen molar-refractivity contribution in [2.45, 2.75) is 77.0 Å². The summed E-state index contributed by atoms with van der Waals surface area (Å²) in [7, 11) is 0. The molecule has 0 bridgehead atoms. The number of rotatable bonds is 0. The minimum atomic E-state index is 0.492. The van der Waals surface area contributed by atoms with Gasteiger partial charge in [0.15, 0.2) is 0 Å². The van der Waals surface area contributed by atoms with Gasteiger partial charge >= 0.3 is 0 Å². The van der Waals surface area contributed by atoms with E-state index in [1.165, 1.54) is 77.0 Å². The maximum atomic E-state index is 12.9. The van der Waals surface area contributed by atoms with Crippen LogP contribution in [-0.4, -0.2) is 5.78 Å². The van der Waals surface area contributed by atoms with E-state index in [9.17, 15) is 4.79 Å². The van der Waals surface area contributed by atoms with Gasteiger partial charge in [0.2, 0.25) is 0 Å². The molecule has 1 nitrogen and oxygen atoms in total. The molecule has 5 fully saturated rings. The molecule has 5 saturated carbocycles. The van der Waals surface area contributed by atoms with E-state index in [-0.39, 0.29) is 0 Å². The zero-order valence-electron chi connectivity index (χ0n) is 14.0. The number of carbonyl (C=O) groups is 1. The number of carbonyl (C=O) groups excluding carboxylic acids is 1. The van der Waals surface area contributed by atoms with Crippen LogP contribution in [0.4, 0.5) is 0 Å². The molecule has 1 heteroatoms. The summed E-state index contributed by atoms with van der Waals surface area (Å²) in [6, 6.07) is 0. The van der Waals surface area contributed by atoms with E-state index < -0.39 is 0 Å². The molecule has 0 saturated heterocycles. The maximum absolute atomic E-state index is 12.9. The average molecular weight is 300 g/mol. The van der Waals surface area contributed by atoms with Gasteiger partial charge in [-0.15, -0.1) is 0 Å². The molecule has 0 heterocycles. The van der Waals surface area contributed by atoms with Crippen molar-refractivity contribution in [3.63, 3.8) is 0 Å². The van der Waals surface area contributed by atoms with Crippen LogP contribution < -0.4 is 0 Å². The molecule has 0 aromatic heterocycles. The SMILES string of the molecule is O=C1C2CCCCC2C2CC3CC4CCCCC4CC3CC12. The Bertz CT molecular complexity index is 455. The lowest BCUT2D eigenvalue weighted by atomic mass is 9.56. The van der Waals surface area contributed by atoms with Crippen molar-refractivity contribution >= 4 is 5.78 Å². The van der Waals surface area contributed by atoms with Gasteiger partial charge in [-0.1, -0.05) is 38.5 Å². The Morgan fingerprint density at radius 2 is 1.18 bits per heavy atom. The Morgan fingerprint density at radius 1 is 0.545 bits per heavy atom. The van der Waals surface area contributed by atoms with Crippen LogP contribution in [0, 0.1) is 47.3 Å². The van der Waals surface area contributed by atoms with Crippen LogP contribution in [0.5, 0.6) is 0 Å². The first-order valence-corrected chi connectivity index (χ1v) is 10.3. The fourth-order valence-corrected chi connectivity index (χ4v) is 7.76. The van der Waals surface area contributed by atoms with Crippen LogP contribution in [0.25, 0.3) is 0 Å². The summed E-state index contributed by atoms with van der Waals surface area (Å²) in [5.74, 6) is 7.32. The highest BCUT2D eigenvalue weighted by Gasteiger charge is 2.55. The molecule has 0 aliphatic heterocycles. The average Bonchev–Trinajstić information content (AvgIpc) is 2.84. The quantitative estimate of drug-likeness (QED) is 0.598. The molecule has 0 amide bonds. The van der Waals surface area contributed by atoms with Crippen LogP contribution in [-0.2, 0) is 4.79 Å². The van der Waals surface area contributed by atoms with Gasteiger partial charge in [-0.2, -0.15) is 0 Å². The van der Waals surface area contributed by atoms with Crippen molar-refractivity contribution in [3.05, 3.63) is 0 Å². The Morgan fingerprint density at radius 3 is 1.95 bits per heavy atom. The van der Waals surface area contributed by atoms with Gasteiger partial charge in [0.25, 0.3) is 0 Å². The van der Waals surface area contributed by atoms with Crippen molar-refractivity contribution in [1.29, 1.82) is 0 Å². The lowest BCUT2D eigenvalue weighted by Crippen LogP contribution is -2.41. The first-order valence-electron chi connectivity index (χ1n) is 10.3. The van der Waals surface area contributed by atoms with Crippen molar-refractivity contribution in [1.82, 2.24) is 0 Å². The molecule has 0 radical (unpaired) electrons. The topological polar surface area (TPSA) is 17.1 Å². The lowest BCUT2D eigenvalue weighted by Gasteiger charge is -2.49. The van der Waals surface area contributed by atoms with E-state index in [0.717, 1.165) is 41.3 Å². The predicted molar refractivity (Wildman–Crippen MR) is 88.3 cm³/mol. The van der Waals surface area contributed by atoms with E-state index in [1.807, 2.05) is 0 Å². The van der Waals surface area contributed by atoms with Gasteiger partial charge in [0.05, 0.1) is 0 Å². The zero-order valence-corrected chi connectivity index (χ0v) is 14.0. The molecule has 0 aromatic carbocycles. The third kappa shape index (κ3) is 2.06. The van der Waals surface area contributed by atoms with Gasteiger partial charge in [0.1, 0.15) is 5.78 Å². The smallest absolute Gasteiger partial charge is 0.139 e. The standard InChI is InChI=1S/C21H32O/c22-21-18-8-4-3-7-17(18)19-11-15-9-13-5-1-2-6-14(13)10-16(15)12-20(19)21/h13-20H,1-12H2. The largest absolute Gasteiger partial charge is 0.299 e. The summed E-state index contributed by atoms with van der Waals surface area (Å²) in [5.41, 5.74) is 0. The normalized spacial score (nSPS) is 54.1. The Hall–Kier alpha value is -0.330. The summed E-state index contributed by atoms with van der Waals surface area (Å²) in [4.78, 5) is 12.9. The third-order valence-electron chi connectivity index (χ3n) is 8.69. The minimum Gasteiger partial charge on any atom is -0.299 e. The second-order valence-electron chi connectivity index (χ2n) is 9.50. The molecule has 22 heavy (non-hydrogen) atoms. The number of Topliss-reactive ketones (excluding diaryl/α,β-unsaturated/α-hetero) is 1. The fraction of sp³-hybridized carbons (Fsp3) is 0.952. The summed E-state index contributed by atoms with van der Waals surface area (Å²) >= 11 is 0. The molecule has 5 rings (SSSR count). The molecular weight excluding hydrogens is 268 g/mol. The molecule has 5 aliphatic rings. The van der Waals surface area contributed by atoms with Gasteiger partial charge in [0, 0.05) is 11.8 Å². The van der Waals surface area contributed by atoms with Crippen LogP contribution >= 0.6 is 0 Å². The zero-order chi connectivity index (χ0) is 14.7. The van der Waals surface area contributed by atoms with Crippen molar-refractivity contribution in [3.8, 4) is 0 Å². The van der Waals surface area contributed by atoms with E-state index in [1.54, 1.807) is 0 Å². The Labute approximate surface area is 135 Å². The third-order valence-corrected chi connectivity index (χ3v) is 8.69. The molecule has 8 unspecified atom stereocenters.